The molecule has 3 rings (SSSR count). The third-order valence-corrected chi connectivity index (χ3v) is 4.97. The molecular weight excluding hydrogens is 373 g/mol. The fourth-order valence-corrected chi connectivity index (χ4v) is 3.27. The molecule has 142 valence electrons. The van der Waals surface area contributed by atoms with Crippen molar-refractivity contribution in [1.29, 1.82) is 0 Å². The average molecular weight is 392 g/mol. The van der Waals surface area contributed by atoms with Crippen molar-refractivity contribution in [1.82, 2.24) is 0 Å². The number of aliphatic carboxylic acids is 1. The first kappa shape index (κ1) is 19.2. The van der Waals surface area contributed by atoms with E-state index in [-0.39, 0.29) is 12.2 Å². The van der Waals surface area contributed by atoms with E-state index < -0.39 is 22.9 Å². The van der Waals surface area contributed by atoms with Crippen molar-refractivity contribution in [2.45, 2.75) is 24.4 Å². The van der Waals surface area contributed by atoms with Gasteiger partial charge in [-0.05, 0) is 49.6 Å². The Hall–Kier alpha value is -2.60. The summed E-state index contributed by atoms with van der Waals surface area (Å²) < 4.78 is 19.7. The van der Waals surface area contributed by atoms with E-state index in [9.17, 15) is 14.0 Å². The first-order valence-corrected chi connectivity index (χ1v) is 8.98. The van der Waals surface area contributed by atoms with Gasteiger partial charge in [0.15, 0.2) is 0 Å². The molecule has 0 spiro atoms. The van der Waals surface area contributed by atoms with Crippen molar-refractivity contribution in [3.63, 3.8) is 0 Å². The molecule has 27 heavy (non-hydrogen) atoms. The number of hydrogen-bond donors (Lipinski definition) is 2. The molecule has 1 amide bonds. The van der Waals surface area contributed by atoms with E-state index in [1.807, 2.05) is 0 Å². The molecular formula is C20H19ClFNO4. The van der Waals surface area contributed by atoms with Gasteiger partial charge in [-0.1, -0.05) is 29.8 Å². The monoisotopic (exact) mass is 391 g/mol. The summed E-state index contributed by atoms with van der Waals surface area (Å²) in [6.07, 6.45) is 7.74. The summed E-state index contributed by atoms with van der Waals surface area (Å²) in [5.41, 5.74) is 1.02. The SMILES string of the molecule is O=C(O)C1=C(C(=O)Nc2ccc(OCC3C=CC=CC3(F)Cl)cc2)CCC1. The molecule has 0 aromatic heterocycles. The van der Waals surface area contributed by atoms with Gasteiger partial charge < -0.3 is 15.2 Å². The lowest BCUT2D eigenvalue weighted by atomic mass is 9.99. The van der Waals surface area contributed by atoms with Crippen LogP contribution in [0.4, 0.5) is 10.1 Å². The van der Waals surface area contributed by atoms with Crippen molar-refractivity contribution in [3.8, 4) is 5.75 Å². The molecule has 0 bridgehead atoms. The number of carbonyl (C=O) groups is 2. The molecule has 2 atom stereocenters. The van der Waals surface area contributed by atoms with E-state index in [2.05, 4.69) is 5.32 Å². The lowest BCUT2D eigenvalue weighted by Crippen LogP contribution is -2.29. The lowest BCUT2D eigenvalue weighted by Gasteiger charge is -2.25. The number of carbonyl (C=O) groups excluding carboxylic acids is 1. The minimum atomic E-state index is -1.97. The predicted octanol–water partition coefficient (Wildman–Crippen LogP) is 4.22. The Balaban J connectivity index is 1.58. The number of amides is 1. The average Bonchev–Trinajstić information content (AvgIpc) is 3.12. The van der Waals surface area contributed by atoms with Crippen molar-refractivity contribution < 1.29 is 23.8 Å². The summed E-state index contributed by atoms with van der Waals surface area (Å²) in [6, 6.07) is 6.58. The maximum atomic E-state index is 14.1. The van der Waals surface area contributed by atoms with Crippen LogP contribution in [0.3, 0.4) is 0 Å². The molecule has 1 aromatic carbocycles. The molecule has 2 N–H and O–H groups in total. The minimum Gasteiger partial charge on any atom is -0.493 e. The summed E-state index contributed by atoms with van der Waals surface area (Å²) in [5, 5.41) is 9.86. The quantitative estimate of drug-likeness (QED) is 0.712. The molecule has 0 heterocycles. The van der Waals surface area contributed by atoms with Gasteiger partial charge in [-0.15, -0.1) is 0 Å². The number of benzene rings is 1. The standard InChI is InChI=1S/C20H19ClFNO4/c21-20(22)11-2-1-4-13(20)12-27-15-9-7-14(8-10-15)23-18(24)16-5-3-6-17(16)19(25)26/h1-2,4,7-11,13H,3,5-6,12H2,(H,23,24)(H,25,26). The maximum Gasteiger partial charge on any atom is 0.332 e. The number of alkyl halides is 2. The van der Waals surface area contributed by atoms with Crippen LogP contribution in [-0.4, -0.2) is 28.7 Å². The number of allylic oxidation sites excluding steroid dienone is 3. The maximum absolute atomic E-state index is 14.1. The molecule has 2 aliphatic rings. The first-order chi connectivity index (χ1) is 12.9. The van der Waals surface area contributed by atoms with Crippen LogP contribution < -0.4 is 10.1 Å². The highest BCUT2D eigenvalue weighted by Crippen LogP contribution is 2.33. The van der Waals surface area contributed by atoms with Crippen molar-refractivity contribution in [3.05, 3.63) is 59.7 Å². The minimum absolute atomic E-state index is 0.0708. The van der Waals surface area contributed by atoms with Crippen molar-refractivity contribution >= 4 is 29.2 Å². The fourth-order valence-electron chi connectivity index (χ4n) is 3.06. The number of nitrogens with one attached hydrogen (secondary N) is 1. The third-order valence-electron chi connectivity index (χ3n) is 4.56. The van der Waals surface area contributed by atoms with Gasteiger partial charge in [0.2, 0.25) is 5.13 Å². The van der Waals surface area contributed by atoms with Gasteiger partial charge in [0.25, 0.3) is 5.91 Å². The van der Waals surface area contributed by atoms with Crippen LogP contribution in [0.1, 0.15) is 19.3 Å². The van der Waals surface area contributed by atoms with Crippen LogP contribution in [0, 0.1) is 5.92 Å². The Labute approximate surface area is 161 Å². The summed E-state index contributed by atoms with van der Waals surface area (Å²) in [6.45, 7) is 0.0708. The van der Waals surface area contributed by atoms with Crippen LogP contribution in [0.25, 0.3) is 0 Å². The lowest BCUT2D eigenvalue weighted by molar-refractivity contribution is -0.133. The second-order valence-electron chi connectivity index (χ2n) is 6.43. The number of ether oxygens (including phenoxy) is 1. The van der Waals surface area contributed by atoms with Crippen LogP contribution in [0.15, 0.2) is 59.7 Å². The van der Waals surface area contributed by atoms with Gasteiger partial charge in [-0.3, -0.25) is 4.79 Å². The Morgan fingerprint density at radius 1 is 1.22 bits per heavy atom. The fraction of sp³-hybridized carbons (Fsp3) is 0.300. The highest BCUT2D eigenvalue weighted by Gasteiger charge is 2.34. The third kappa shape index (κ3) is 4.57. The number of halogens is 2. The second kappa shape index (κ2) is 7.96. The van der Waals surface area contributed by atoms with Crippen LogP contribution >= 0.6 is 11.6 Å². The molecule has 0 saturated heterocycles. The second-order valence-corrected chi connectivity index (χ2v) is 7.01. The van der Waals surface area contributed by atoms with E-state index in [1.54, 1.807) is 42.5 Å². The predicted molar refractivity (Wildman–Crippen MR) is 101 cm³/mol. The molecule has 0 radical (unpaired) electrons. The van der Waals surface area contributed by atoms with Gasteiger partial charge in [0.1, 0.15) is 5.75 Å². The zero-order valence-corrected chi connectivity index (χ0v) is 15.2. The number of rotatable bonds is 6. The molecule has 0 fully saturated rings. The van der Waals surface area contributed by atoms with Crippen LogP contribution in [0.2, 0.25) is 0 Å². The van der Waals surface area contributed by atoms with Crippen LogP contribution in [-0.2, 0) is 9.59 Å². The topological polar surface area (TPSA) is 75.6 Å². The Morgan fingerprint density at radius 3 is 2.59 bits per heavy atom. The normalized spacial score (nSPS) is 24.1. The number of carboxylic acids is 1. The van der Waals surface area contributed by atoms with E-state index in [4.69, 9.17) is 21.4 Å². The summed E-state index contributed by atoms with van der Waals surface area (Å²) in [5.74, 6) is -1.54. The highest BCUT2D eigenvalue weighted by molar-refractivity contribution is 6.24. The molecule has 2 aliphatic carbocycles. The number of hydrogen-bond acceptors (Lipinski definition) is 3. The summed E-state index contributed by atoms with van der Waals surface area (Å²) in [4.78, 5) is 23.4. The number of anilines is 1. The Bertz CT molecular complexity index is 827. The van der Waals surface area contributed by atoms with E-state index in [0.717, 1.165) is 0 Å². The van der Waals surface area contributed by atoms with Crippen LogP contribution in [0.5, 0.6) is 5.75 Å². The van der Waals surface area contributed by atoms with E-state index in [1.165, 1.54) is 6.08 Å². The highest BCUT2D eigenvalue weighted by atomic mass is 35.5. The van der Waals surface area contributed by atoms with Gasteiger partial charge in [-0.25, -0.2) is 9.18 Å². The van der Waals surface area contributed by atoms with Crippen molar-refractivity contribution in [2.75, 3.05) is 11.9 Å². The molecule has 7 heteroatoms. The van der Waals surface area contributed by atoms with E-state index in [0.29, 0.717) is 36.3 Å². The molecule has 1 aromatic rings. The smallest absolute Gasteiger partial charge is 0.332 e. The summed E-state index contributed by atoms with van der Waals surface area (Å²) >= 11 is 5.80. The zero-order chi connectivity index (χ0) is 19.4. The van der Waals surface area contributed by atoms with E-state index >= 15 is 0 Å². The summed E-state index contributed by atoms with van der Waals surface area (Å²) in [7, 11) is 0. The Morgan fingerprint density at radius 2 is 1.93 bits per heavy atom. The first-order valence-electron chi connectivity index (χ1n) is 8.60. The van der Waals surface area contributed by atoms with Gasteiger partial charge in [0.05, 0.1) is 12.5 Å². The van der Waals surface area contributed by atoms with Gasteiger partial charge in [0, 0.05) is 16.8 Å². The van der Waals surface area contributed by atoms with Gasteiger partial charge >= 0.3 is 5.97 Å². The number of carboxylic acid groups (broad SMARTS) is 1. The van der Waals surface area contributed by atoms with Gasteiger partial charge in [-0.2, -0.15) is 0 Å². The zero-order valence-electron chi connectivity index (χ0n) is 14.5. The molecule has 5 nitrogen and oxygen atoms in total. The largest absolute Gasteiger partial charge is 0.493 e. The van der Waals surface area contributed by atoms with Crippen molar-refractivity contribution in [2.24, 2.45) is 5.92 Å². The molecule has 2 unspecified atom stereocenters. The molecule has 0 aliphatic heterocycles. The Kier molecular flexibility index (Phi) is 5.65. The molecule has 0 saturated carbocycles.